The van der Waals surface area contributed by atoms with E-state index < -0.39 is 128 Å². The molecule has 45 heavy (non-hydrogen) atoms. The van der Waals surface area contributed by atoms with Gasteiger partial charge in [0.1, 0.15) is 73.2 Å². The molecule has 22 heteroatoms. The van der Waals surface area contributed by atoms with Crippen molar-refractivity contribution >= 4 is 16.3 Å². The predicted molar refractivity (Wildman–Crippen MR) is 136 cm³/mol. The minimum Gasteiger partial charge on any atom is -0.862 e. The number of aliphatic imine (C=N–C) groups is 1. The van der Waals surface area contributed by atoms with Crippen LogP contribution in [0.5, 0.6) is 0 Å². The standard InChI is InChI=1S/C23H39NO19S.Na/c1-3-4-37-22-16(32)15(31)18(11(7-27)40-22)41-21-12(24-8(2)28)19(13(29)9(5-25)38-21)42-23-17(33)20(43-44(34,35)36)14(30)10(6-26)39-23;/h3,9-23,25-27,29-33H,1,4-7H2,2H3,(H,24,28)(H,34,35,36);/q;+1/p-1/t9-,10-,11-,12-,13-,14+,15-,16-,17-,18+,19-,20+,21+,22-,23+;/m1./s1. The molecule has 0 aromatic heterocycles. The van der Waals surface area contributed by atoms with Crippen LogP contribution in [0.3, 0.4) is 0 Å². The molecule has 3 aliphatic rings. The van der Waals surface area contributed by atoms with Gasteiger partial charge in [-0.15, -0.1) is 6.58 Å². The van der Waals surface area contributed by atoms with Gasteiger partial charge in [0, 0.05) is 0 Å². The quantitative estimate of drug-likeness (QED) is 0.0285. The Labute approximate surface area is 279 Å². The fourth-order valence-corrected chi connectivity index (χ4v) is 5.43. The SMILES string of the molecule is C=CCO[C@@H]1O[C@H](CO)[C@H](O[C@@H]2O[C@H](CO)[C@@H](O)[C@H](O[C@@H]3O[C@H](CO)[C@H](O)[C@H](OS(=O)(=O)O)[C@H]3O)[C@H]2N=C(C)[O-])[C@H](O)[C@H]1O.[Na+]. The van der Waals surface area contributed by atoms with Crippen LogP contribution in [0.1, 0.15) is 6.92 Å². The molecule has 3 rings (SSSR count). The molecule has 0 aliphatic carbocycles. The van der Waals surface area contributed by atoms with E-state index in [1.165, 1.54) is 6.08 Å². The van der Waals surface area contributed by atoms with Crippen molar-refractivity contribution in [2.45, 2.75) is 99.0 Å². The number of nitrogens with zero attached hydrogens (tertiary/aromatic N) is 1. The van der Waals surface area contributed by atoms with E-state index in [1.54, 1.807) is 0 Å². The average molecular weight is 688 g/mol. The van der Waals surface area contributed by atoms with E-state index in [2.05, 4.69) is 15.8 Å². The molecule has 3 heterocycles. The Morgan fingerprint density at radius 2 is 1.31 bits per heavy atom. The first kappa shape index (κ1) is 40.7. The molecule has 256 valence electrons. The number of hydrogen-bond donors (Lipinski definition) is 9. The summed E-state index contributed by atoms with van der Waals surface area (Å²) in [4.78, 5) is 3.82. The van der Waals surface area contributed by atoms with Gasteiger partial charge in [0.05, 0.1) is 26.4 Å². The Hall–Kier alpha value is -0.480. The van der Waals surface area contributed by atoms with Gasteiger partial charge in [0.2, 0.25) is 0 Å². The first-order valence-corrected chi connectivity index (χ1v) is 14.6. The largest absolute Gasteiger partial charge is 1.00 e. The Balaban J connectivity index is 0.00000705. The minimum atomic E-state index is -5.27. The van der Waals surface area contributed by atoms with E-state index in [-0.39, 0.29) is 36.2 Å². The van der Waals surface area contributed by atoms with Gasteiger partial charge >= 0.3 is 40.0 Å². The van der Waals surface area contributed by atoms with Crippen LogP contribution in [0.4, 0.5) is 0 Å². The van der Waals surface area contributed by atoms with Crippen LogP contribution in [-0.2, 0) is 43.0 Å². The van der Waals surface area contributed by atoms with Gasteiger partial charge < -0.3 is 74.4 Å². The summed E-state index contributed by atoms with van der Waals surface area (Å²) in [6.07, 6.45) is -23.7. The van der Waals surface area contributed by atoms with Crippen LogP contribution in [0, 0.1) is 0 Å². The van der Waals surface area contributed by atoms with E-state index in [4.69, 9.17) is 33.0 Å². The van der Waals surface area contributed by atoms with Gasteiger partial charge in [-0.25, -0.2) is 4.18 Å². The number of aliphatic hydroxyl groups excluding tert-OH is 8. The van der Waals surface area contributed by atoms with Gasteiger partial charge in [-0.05, 0) is 12.8 Å². The molecule has 0 spiro atoms. The molecule has 0 aromatic rings. The summed E-state index contributed by atoms with van der Waals surface area (Å²) in [7, 11) is -5.27. The summed E-state index contributed by atoms with van der Waals surface area (Å²) in [5.74, 6) is -0.881. The first-order valence-electron chi connectivity index (χ1n) is 13.3. The minimum absolute atomic E-state index is 0. The van der Waals surface area contributed by atoms with Gasteiger partial charge in [-0.3, -0.25) is 9.55 Å². The zero-order valence-electron chi connectivity index (χ0n) is 24.2. The zero-order valence-corrected chi connectivity index (χ0v) is 27.1. The van der Waals surface area contributed by atoms with E-state index >= 15 is 0 Å². The maximum Gasteiger partial charge on any atom is 1.00 e. The molecule has 3 saturated heterocycles. The second-order valence-corrected chi connectivity index (χ2v) is 11.1. The Morgan fingerprint density at radius 1 is 0.800 bits per heavy atom. The molecule has 0 aromatic carbocycles. The van der Waals surface area contributed by atoms with Crippen LogP contribution in [0.2, 0.25) is 0 Å². The molecule has 20 nitrogen and oxygen atoms in total. The van der Waals surface area contributed by atoms with Crippen molar-refractivity contribution in [3.05, 3.63) is 12.7 Å². The second-order valence-electron chi connectivity index (χ2n) is 10.1. The average Bonchev–Trinajstić information content (AvgIpc) is 2.96. The molecule has 0 bridgehead atoms. The number of rotatable bonds is 13. The topological polar surface area (TPSA) is 316 Å². The van der Waals surface area contributed by atoms with Crippen LogP contribution < -0.4 is 34.7 Å². The summed E-state index contributed by atoms with van der Waals surface area (Å²) < 4.78 is 69.2. The third-order valence-corrected chi connectivity index (χ3v) is 7.45. The zero-order chi connectivity index (χ0) is 32.9. The molecular formula is C23H38NNaO19S. The van der Waals surface area contributed by atoms with E-state index in [1.807, 2.05) is 0 Å². The van der Waals surface area contributed by atoms with Crippen LogP contribution in [0.15, 0.2) is 17.6 Å². The molecule has 0 radical (unpaired) electrons. The second kappa shape index (κ2) is 17.8. The summed E-state index contributed by atoms with van der Waals surface area (Å²) in [5.41, 5.74) is 0. The maximum atomic E-state index is 12.1. The maximum absolute atomic E-state index is 12.1. The molecule has 3 fully saturated rings. The molecular weight excluding hydrogens is 649 g/mol. The van der Waals surface area contributed by atoms with Crippen LogP contribution in [0.25, 0.3) is 0 Å². The molecule has 9 N–H and O–H groups in total. The van der Waals surface area contributed by atoms with Crippen LogP contribution >= 0.6 is 0 Å². The van der Waals surface area contributed by atoms with Crippen molar-refractivity contribution < 1.29 is 121 Å². The van der Waals surface area contributed by atoms with E-state index in [0.29, 0.717) is 0 Å². The van der Waals surface area contributed by atoms with Gasteiger partial charge in [0.15, 0.2) is 18.9 Å². The van der Waals surface area contributed by atoms with Gasteiger partial charge in [0.25, 0.3) is 0 Å². The fraction of sp³-hybridized carbons (Fsp3) is 0.870. The van der Waals surface area contributed by atoms with Gasteiger partial charge in [-0.2, -0.15) is 8.42 Å². The molecule has 0 amide bonds. The normalized spacial score (nSPS) is 43.0. The molecule has 0 saturated carbocycles. The third kappa shape index (κ3) is 10.0. The monoisotopic (exact) mass is 687 g/mol. The Kier molecular flexibility index (Phi) is 16.1. The summed E-state index contributed by atoms with van der Waals surface area (Å²) >= 11 is 0. The van der Waals surface area contributed by atoms with Gasteiger partial charge in [-0.1, -0.05) is 6.08 Å². The number of hydrogen-bond acceptors (Lipinski definition) is 19. The van der Waals surface area contributed by atoms with Crippen LogP contribution in [-0.4, -0.2) is 178 Å². The molecule has 3 aliphatic heterocycles. The van der Waals surface area contributed by atoms with Crippen molar-refractivity contribution in [1.29, 1.82) is 0 Å². The third-order valence-electron chi connectivity index (χ3n) is 6.99. The summed E-state index contributed by atoms with van der Waals surface area (Å²) in [5, 5.41) is 94.9. The van der Waals surface area contributed by atoms with Crippen molar-refractivity contribution in [1.82, 2.24) is 0 Å². The number of aliphatic hydroxyl groups is 8. The van der Waals surface area contributed by atoms with E-state index in [9.17, 15) is 54.4 Å². The summed E-state index contributed by atoms with van der Waals surface area (Å²) in [6.45, 7) is 1.72. The molecule has 0 unspecified atom stereocenters. The van der Waals surface area contributed by atoms with Crippen molar-refractivity contribution in [2.24, 2.45) is 4.99 Å². The molecule has 15 atom stereocenters. The Morgan fingerprint density at radius 3 is 1.82 bits per heavy atom. The van der Waals surface area contributed by atoms with E-state index in [0.717, 1.165) is 6.92 Å². The summed E-state index contributed by atoms with van der Waals surface area (Å²) in [6, 6.07) is -1.71. The smallest absolute Gasteiger partial charge is 0.862 e. The predicted octanol–water partition coefficient (Wildman–Crippen LogP) is -9.75. The number of ether oxygens (including phenoxy) is 6. The van der Waals surface area contributed by atoms with Crippen molar-refractivity contribution in [3.63, 3.8) is 0 Å². The fourth-order valence-electron chi connectivity index (χ4n) is 4.92. The Bertz CT molecular complexity index is 1070. The first-order chi connectivity index (χ1) is 20.7. The van der Waals surface area contributed by atoms with Crippen molar-refractivity contribution in [2.75, 3.05) is 26.4 Å². The van der Waals surface area contributed by atoms with Crippen molar-refractivity contribution in [3.8, 4) is 0 Å².